The van der Waals surface area contributed by atoms with Crippen molar-refractivity contribution in [1.29, 1.82) is 5.26 Å². The van der Waals surface area contributed by atoms with Crippen LogP contribution >= 0.6 is 0 Å². The quantitative estimate of drug-likeness (QED) is 0.559. The molecule has 0 atom stereocenters. The van der Waals surface area contributed by atoms with Gasteiger partial charge in [0.2, 0.25) is 0 Å². The molecule has 158 valence electrons. The number of hydrogen-bond donors (Lipinski definition) is 1. The normalized spacial score (nSPS) is 16.7. The zero-order valence-electron chi connectivity index (χ0n) is 16.6. The summed E-state index contributed by atoms with van der Waals surface area (Å²) < 4.78 is 10.2. The van der Waals surface area contributed by atoms with Crippen LogP contribution in [0.4, 0.5) is 0 Å². The Balaban J connectivity index is 1.40. The zero-order valence-corrected chi connectivity index (χ0v) is 16.6. The van der Waals surface area contributed by atoms with E-state index in [1.54, 1.807) is 12.1 Å². The molecule has 4 rings (SSSR count). The molecule has 1 saturated carbocycles. The molecular weight excluding hydrogens is 402 g/mol. The van der Waals surface area contributed by atoms with Crippen LogP contribution in [-0.4, -0.2) is 40.7 Å². The minimum atomic E-state index is -0.901. The molecule has 2 aromatic rings. The van der Waals surface area contributed by atoms with E-state index in [1.165, 1.54) is 24.5 Å². The maximum atomic E-state index is 12.7. The maximum absolute atomic E-state index is 12.7. The minimum absolute atomic E-state index is 0.0139. The Bertz CT molecular complexity index is 1090. The topological polar surface area (TPSA) is 130 Å². The smallest absolute Gasteiger partial charge is 0.338 e. The number of ether oxygens (including phenoxy) is 1. The molecule has 1 N–H and O–H groups in total. The van der Waals surface area contributed by atoms with Gasteiger partial charge in [-0.15, -0.1) is 0 Å². The molecule has 0 radical (unpaired) electrons. The van der Waals surface area contributed by atoms with E-state index in [1.807, 2.05) is 0 Å². The molecule has 2 heterocycles. The van der Waals surface area contributed by atoms with Gasteiger partial charge < -0.3 is 14.5 Å². The number of furan rings is 1. The fourth-order valence-corrected chi connectivity index (χ4v) is 3.88. The maximum Gasteiger partial charge on any atom is 0.338 e. The number of imide groups is 1. The number of nitrogens with zero attached hydrogens (tertiary/aromatic N) is 2. The second-order valence-electron chi connectivity index (χ2n) is 7.56. The highest BCUT2D eigenvalue weighted by molar-refractivity contribution is 6.21. The molecule has 9 heteroatoms. The largest absolute Gasteiger partial charge is 0.467 e. The minimum Gasteiger partial charge on any atom is -0.467 e. The monoisotopic (exact) mass is 421 g/mol. The second kappa shape index (κ2) is 8.07. The van der Waals surface area contributed by atoms with Gasteiger partial charge >= 0.3 is 5.97 Å². The van der Waals surface area contributed by atoms with E-state index in [9.17, 15) is 24.4 Å². The first-order valence-electron chi connectivity index (χ1n) is 9.84. The van der Waals surface area contributed by atoms with Crippen LogP contribution in [-0.2, 0) is 16.1 Å². The SMILES string of the molecule is N#CC1(NC(=O)COC(=O)c2ccc3c(c2)C(=O)N(Cc2ccco2)C3=O)CCCC1. The molecule has 0 bridgehead atoms. The van der Waals surface area contributed by atoms with Gasteiger partial charge in [-0.05, 0) is 56.0 Å². The molecule has 2 aliphatic rings. The molecule has 9 nitrogen and oxygen atoms in total. The van der Waals surface area contributed by atoms with Crippen LogP contribution in [0.25, 0.3) is 0 Å². The highest BCUT2D eigenvalue weighted by Crippen LogP contribution is 2.29. The first-order chi connectivity index (χ1) is 14.9. The fraction of sp³-hybridized carbons (Fsp3) is 0.318. The van der Waals surface area contributed by atoms with Crippen LogP contribution in [0.1, 0.15) is 62.5 Å². The number of nitrogens with one attached hydrogen (secondary N) is 1. The lowest BCUT2D eigenvalue weighted by Gasteiger charge is -2.21. The molecule has 1 aromatic heterocycles. The number of fused-ring (bicyclic) bond motifs is 1. The van der Waals surface area contributed by atoms with Crippen molar-refractivity contribution in [3.63, 3.8) is 0 Å². The molecule has 0 spiro atoms. The van der Waals surface area contributed by atoms with Gasteiger partial charge in [0.05, 0.1) is 35.6 Å². The van der Waals surface area contributed by atoms with Crippen molar-refractivity contribution in [2.75, 3.05) is 6.61 Å². The van der Waals surface area contributed by atoms with Crippen LogP contribution in [0.2, 0.25) is 0 Å². The van der Waals surface area contributed by atoms with Crippen molar-refractivity contribution in [3.8, 4) is 6.07 Å². The molecule has 31 heavy (non-hydrogen) atoms. The van der Waals surface area contributed by atoms with Crippen LogP contribution in [0, 0.1) is 11.3 Å². The van der Waals surface area contributed by atoms with Crippen molar-refractivity contribution >= 4 is 23.7 Å². The third kappa shape index (κ3) is 3.92. The summed E-state index contributed by atoms with van der Waals surface area (Å²) in [4.78, 5) is 50.7. The number of rotatable bonds is 6. The van der Waals surface area contributed by atoms with Gasteiger partial charge in [-0.1, -0.05) is 0 Å². The summed E-state index contributed by atoms with van der Waals surface area (Å²) in [5, 5.41) is 12.0. The number of esters is 1. The van der Waals surface area contributed by atoms with Gasteiger partial charge in [-0.2, -0.15) is 5.26 Å². The van der Waals surface area contributed by atoms with Gasteiger partial charge in [0.15, 0.2) is 6.61 Å². The lowest BCUT2D eigenvalue weighted by Crippen LogP contribution is -2.46. The number of hydrogen-bond acceptors (Lipinski definition) is 7. The first kappa shape index (κ1) is 20.3. The average molecular weight is 421 g/mol. The Kier molecular flexibility index (Phi) is 5.29. The lowest BCUT2D eigenvalue weighted by molar-refractivity contribution is -0.125. The number of nitriles is 1. The number of carbonyl (C=O) groups is 4. The van der Waals surface area contributed by atoms with Crippen molar-refractivity contribution in [3.05, 3.63) is 59.0 Å². The van der Waals surface area contributed by atoms with E-state index in [2.05, 4.69) is 11.4 Å². The summed E-state index contributed by atoms with van der Waals surface area (Å²) in [6.07, 6.45) is 4.29. The first-order valence-corrected chi connectivity index (χ1v) is 9.84. The summed E-state index contributed by atoms with van der Waals surface area (Å²) in [5.74, 6) is -1.93. The van der Waals surface area contributed by atoms with Crippen LogP contribution in [0.3, 0.4) is 0 Å². The van der Waals surface area contributed by atoms with E-state index < -0.39 is 35.8 Å². The summed E-state index contributed by atoms with van der Waals surface area (Å²) in [7, 11) is 0. The summed E-state index contributed by atoms with van der Waals surface area (Å²) >= 11 is 0. The van der Waals surface area contributed by atoms with E-state index in [0.717, 1.165) is 17.7 Å². The van der Waals surface area contributed by atoms with E-state index >= 15 is 0 Å². The van der Waals surface area contributed by atoms with Crippen LogP contribution in [0.15, 0.2) is 41.0 Å². The fourth-order valence-electron chi connectivity index (χ4n) is 3.88. The van der Waals surface area contributed by atoms with Gasteiger partial charge in [0.1, 0.15) is 11.3 Å². The standard InChI is InChI=1S/C22H19N3O6/c23-13-22(7-1-2-8-22)24-18(26)12-31-21(29)14-5-6-16-17(10-14)20(28)25(19(16)27)11-15-4-3-9-30-15/h3-6,9-10H,1-2,7-8,11-12H2,(H,24,26). The zero-order chi connectivity index (χ0) is 22.0. The predicted molar refractivity (Wildman–Crippen MR) is 105 cm³/mol. The molecule has 1 fully saturated rings. The summed E-state index contributed by atoms with van der Waals surface area (Å²) in [6, 6.07) is 9.48. The summed E-state index contributed by atoms with van der Waals surface area (Å²) in [6.45, 7) is -0.559. The Labute approximate surface area is 177 Å². The predicted octanol–water partition coefficient (Wildman–Crippen LogP) is 2.19. The molecule has 1 aromatic carbocycles. The number of carbonyl (C=O) groups excluding carboxylic acids is 4. The number of benzene rings is 1. The van der Waals surface area contributed by atoms with E-state index in [-0.39, 0.29) is 23.2 Å². The molecule has 1 aliphatic heterocycles. The molecule has 0 saturated heterocycles. The van der Waals surface area contributed by atoms with Crippen molar-refractivity contribution in [2.24, 2.45) is 0 Å². The molecule has 3 amide bonds. The highest BCUT2D eigenvalue weighted by atomic mass is 16.5. The van der Waals surface area contributed by atoms with E-state index in [0.29, 0.717) is 18.6 Å². The Morgan fingerprint density at radius 2 is 1.90 bits per heavy atom. The Hall–Kier alpha value is -3.93. The number of amides is 3. The van der Waals surface area contributed by atoms with Crippen molar-refractivity contribution in [2.45, 2.75) is 37.8 Å². The van der Waals surface area contributed by atoms with Gasteiger partial charge in [0, 0.05) is 0 Å². The van der Waals surface area contributed by atoms with Gasteiger partial charge in [-0.3, -0.25) is 19.3 Å². The van der Waals surface area contributed by atoms with Crippen molar-refractivity contribution < 1.29 is 28.3 Å². The van der Waals surface area contributed by atoms with Gasteiger partial charge in [0.25, 0.3) is 17.7 Å². The molecular formula is C22H19N3O6. The summed E-state index contributed by atoms with van der Waals surface area (Å²) in [5.41, 5.74) is -0.585. The lowest BCUT2D eigenvalue weighted by atomic mass is 10.00. The Morgan fingerprint density at radius 1 is 1.16 bits per heavy atom. The second-order valence-corrected chi connectivity index (χ2v) is 7.56. The third-order valence-corrected chi connectivity index (χ3v) is 5.48. The van der Waals surface area contributed by atoms with Crippen molar-refractivity contribution in [1.82, 2.24) is 10.2 Å². The van der Waals surface area contributed by atoms with Gasteiger partial charge in [-0.25, -0.2) is 4.79 Å². The van der Waals surface area contributed by atoms with E-state index in [4.69, 9.17) is 9.15 Å². The Morgan fingerprint density at radius 3 is 2.58 bits per heavy atom. The van der Waals surface area contributed by atoms with Crippen LogP contribution < -0.4 is 5.32 Å². The molecule has 1 aliphatic carbocycles. The average Bonchev–Trinajstić information content (AvgIpc) is 3.51. The van der Waals surface area contributed by atoms with Crippen LogP contribution in [0.5, 0.6) is 0 Å². The highest BCUT2D eigenvalue weighted by Gasteiger charge is 2.37. The molecule has 0 unspecified atom stereocenters. The third-order valence-electron chi connectivity index (χ3n) is 5.48.